The van der Waals surface area contributed by atoms with Gasteiger partial charge in [0.2, 0.25) is 0 Å². The summed E-state index contributed by atoms with van der Waals surface area (Å²) in [5.41, 5.74) is 1.33. The van der Waals surface area contributed by atoms with Crippen LogP contribution in [-0.4, -0.2) is 17.8 Å². The predicted molar refractivity (Wildman–Crippen MR) is 66.3 cm³/mol. The molecule has 86 valence electrons. The van der Waals surface area contributed by atoms with Crippen molar-refractivity contribution in [3.05, 3.63) is 21.9 Å². The molecule has 0 aromatic carbocycles. The lowest BCUT2D eigenvalue weighted by molar-refractivity contribution is 0.202. The fourth-order valence-electron chi connectivity index (χ4n) is 1.68. The lowest BCUT2D eigenvalue weighted by Gasteiger charge is -2.24. The first kappa shape index (κ1) is 12.7. The van der Waals surface area contributed by atoms with Gasteiger partial charge in [-0.15, -0.1) is 11.3 Å². The van der Waals surface area contributed by atoms with Gasteiger partial charge >= 0.3 is 0 Å². The maximum atomic E-state index is 9.25. The molecule has 1 rings (SSSR count). The highest BCUT2D eigenvalue weighted by Gasteiger charge is 2.17. The molecule has 0 fully saturated rings. The first-order chi connectivity index (χ1) is 7.06. The van der Waals surface area contributed by atoms with Crippen molar-refractivity contribution in [1.82, 2.24) is 5.32 Å². The zero-order chi connectivity index (χ0) is 11.4. The van der Waals surface area contributed by atoms with Gasteiger partial charge in [-0.2, -0.15) is 0 Å². The second-order valence-electron chi connectivity index (χ2n) is 4.39. The largest absolute Gasteiger partial charge is 0.395 e. The van der Waals surface area contributed by atoms with Crippen molar-refractivity contribution >= 4 is 11.3 Å². The summed E-state index contributed by atoms with van der Waals surface area (Å²) in [6.45, 7) is 8.74. The van der Waals surface area contributed by atoms with E-state index < -0.39 is 0 Å². The second kappa shape index (κ2) is 5.64. The Hall–Kier alpha value is -0.380. The van der Waals surface area contributed by atoms with Gasteiger partial charge < -0.3 is 10.4 Å². The first-order valence-electron chi connectivity index (χ1n) is 5.47. The Balaban J connectivity index is 2.62. The molecule has 0 aliphatic carbocycles. The first-order valence-corrected chi connectivity index (χ1v) is 6.35. The Kier molecular flexibility index (Phi) is 4.77. The fourth-order valence-corrected chi connectivity index (χ4v) is 2.63. The minimum Gasteiger partial charge on any atom is -0.395 e. The number of hydrogen-bond donors (Lipinski definition) is 2. The van der Waals surface area contributed by atoms with Crippen LogP contribution in [0.2, 0.25) is 0 Å². The molecule has 0 aliphatic heterocycles. The molecule has 1 aromatic heterocycles. The molecule has 1 aromatic rings. The summed E-state index contributed by atoms with van der Waals surface area (Å²) in [5, 5.41) is 14.8. The van der Waals surface area contributed by atoms with E-state index in [4.69, 9.17) is 0 Å². The van der Waals surface area contributed by atoms with Gasteiger partial charge in [-0.05, 0) is 36.8 Å². The molecule has 0 saturated heterocycles. The Morgan fingerprint density at radius 3 is 2.47 bits per heavy atom. The molecule has 3 heteroatoms. The van der Waals surface area contributed by atoms with E-state index in [9.17, 15) is 5.11 Å². The van der Waals surface area contributed by atoms with Crippen LogP contribution in [0.4, 0.5) is 0 Å². The number of thiophene rings is 1. The molecular formula is C12H21NOS. The Bertz CT molecular complexity index is 296. The predicted octanol–water partition coefficient (Wildman–Crippen LogP) is 2.72. The second-order valence-corrected chi connectivity index (χ2v) is 5.34. The van der Waals surface area contributed by atoms with E-state index >= 15 is 0 Å². The zero-order valence-electron chi connectivity index (χ0n) is 9.95. The summed E-state index contributed by atoms with van der Waals surface area (Å²) in [4.78, 5) is 1.37. The number of rotatable bonds is 5. The van der Waals surface area contributed by atoms with Crippen LogP contribution in [0, 0.1) is 12.8 Å². The highest BCUT2D eigenvalue weighted by atomic mass is 32.1. The third kappa shape index (κ3) is 3.30. The van der Waals surface area contributed by atoms with Crippen molar-refractivity contribution in [3.63, 3.8) is 0 Å². The number of nitrogens with one attached hydrogen (secondary N) is 1. The van der Waals surface area contributed by atoms with Crippen LogP contribution in [-0.2, 0) is 0 Å². The number of aryl methyl sites for hydroxylation is 1. The van der Waals surface area contributed by atoms with E-state index in [-0.39, 0.29) is 12.6 Å². The quantitative estimate of drug-likeness (QED) is 0.810. The summed E-state index contributed by atoms with van der Waals surface area (Å²) in [6.07, 6.45) is 0. The van der Waals surface area contributed by atoms with E-state index in [1.54, 1.807) is 11.3 Å². The molecule has 0 aliphatic rings. The molecule has 2 nitrogen and oxygen atoms in total. The average Bonchev–Trinajstić information content (AvgIpc) is 2.60. The zero-order valence-corrected chi connectivity index (χ0v) is 10.8. The van der Waals surface area contributed by atoms with E-state index in [0.29, 0.717) is 12.0 Å². The molecule has 15 heavy (non-hydrogen) atoms. The minimum absolute atomic E-state index is 0.182. The van der Waals surface area contributed by atoms with Crippen molar-refractivity contribution < 1.29 is 5.11 Å². The van der Waals surface area contributed by atoms with Crippen LogP contribution >= 0.6 is 11.3 Å². The van der Waals surface area contributed by atoms with Crippen molar-refractivity contribution in [2.24, 2.45) is 5.92 Å². The number of hydrogen-bond acceptors (Lipinski definition) is 3. The maximum absolute atomic E-state index is 9.25. The molecule has 1 heterocycles. The summed E-state index contributed by atoms with van der Waals surface area (Å²) in [7, 11) is 0. The summed E-state index contributed by atoms with van der Waals surface area (Å²) < 4.78 is 0. The maximum Gasteiger partial charge on any atom is 0.0587 e. The van der Waals surface area contributed by atoms with Gasteiger partial charge in [0, 0.05) is 17.0 Å². The Morgan fingerprint density at radius 1 is 1.40 bits per heavy atom. The van der Waals surface area contributed by atoms with Crippen LogP contribution < -0.4 is 5.32 Å². The van der Waals surface area contributed by atoms with E-state index in [2.05, 4.69) is 44.5 Å². The number of aliphatic hydroxyl groups excluding tert-OH is 1. The van der Waals surface area contributed by atoms with E-state index in [1.165, 1.54) is 10.4 Å². The molecule has 2 N–H and O–H groups in total. The van der Waals surface area contributed by atoms with Crippen LogP contribution in [0.5, 0.6) is 0 Å². The van der Waals surface area contributed by atoms with Crippen LogP contribution in [0.15, 0.2) is 11.4 Å². The molecule has 0 radical (unpaired) electrons. The van der Waals surface area contributed by atoms with Crippen molar-refractivity contribution in [3.8, 4) is 0 Å². The normalized spacial score (nSPS) is 15.6. The molecule has 0 saturated carbocycles. The van der Waals surface area contributed by atoms with Gasteiger partial charge in [0.1, 0.15) is 0 Å². The fraction of sp³-hybridized carbons (Fsp3) is 0.667. The van der Waals surface area contributed by atoms with Gasteiger partial charge in [0.05, 0.1) is 6.61 Å². The Morgan fingerprint density at radius 2 is 2.07 bits per heavy atom. The third-order valence-corrected chi connectivity index (χ3v) is 3.96. The van der Waals surface area contributed by atoms with Gasteiger partial charge in [0.25, 0.3) is 0 Å². The van der Waals surface area contributed by atoms with Crippen molar-refractivity contribution in [2.45, 2.75) is 39.8 Å². The molecule has 0 bridgehead atoms. The van der Waals surface area contributed by atoms with Gasteiger partial charge in [-0.3, -0.25) is 0 Å². The summed E-state index contributed by atoms with van der Waals surface area (Å²) in [5.74, 6) is 0.456. The third-order valence-electron chi connectivity index (χ3n) is 2.76. The topological polar surface area (TPSA) is 32.3 Å². The SMILES string of the molecule is Cc1ccsc1C(C)NC(CO)C(C)C. The van der Waals surface area contributed by atoms with E-state index in [0.717, 1.165) is 0 Å². The standard InChI is InChI=1S/C12H21NOS/c1-8(2)11(7-14)13-10(4)12-9(3)5-6-15-12/h5-6,8,10-11,13-14H,7H2,1-4H3. The highest BCUT2D eigenvalue weighted by Crippen LogP contribution is 2.24. The van der Waals surface area contributed by atoms with E-state index in [1.807, 2.05) is 0 Å². The minimum atomic E-state index is 0.182. The average molecular weight is 227 g/mol. The van der Waals surface area contributed by atoms with Gasteiger partial charge in [-0.1, -0.05) is 13.8 Å². The van der Waals surface area contributed by atoms with Gasteiger partial charge in [0.15, 0.2) is 0 Å². The lowest BCUT2D eigenvalue weighted by Crippen LogP contribution is -2.38. The summed E-state index contributed by atoms with van der Waals surface area (Å²) in [6, 6.07) is 2.65. The Labute approximate surface area is 96.3 Å². The van der Waals surface area contributed by atoms with Crippen LogP contribution in [0.1, 0.15) is 37.3 Å². The summed E-state index contributed by atoms with van der Waals surface area (Å²) >= 11 is 1.78. The van der Waals surface area contributed by atoms with Crippen molar-refractivity contribution in [2.75, 3.05) is 6.61 Å². The molecule has 2 unspecified atom stereocenters. The molecule has 2 atom stereocenters. The number of aliphatic hydroxyl groups is 1. The molecule has 0 amide bonds. The van der Waals surface area contributed by atoms with Crippen LogP contribution in [0.3, 0.4) is 0 Å². The van der Waals surface area contributed by atoms with Gasteiger partial charge in [-0.25, -0.2) is 0 Å². The highest BCUT2D eigenvalue weighted by molar-refractivity contribution is 7.10. The van der Waals surface area contributed by atoms with Crippen molar-refractivity contribution in [1.29, 1.82) is 0 Å². The van der Waals surface area contributed by atoms with Crippen LogP contribution in [0.25, 0.3) is 0 Å². The molecule has 0 spiro atoms. The smallest absolute Gasteiger partial charge is 0.0587 e. The monoisotopic (exact) mass is 227 g/mol. The molecular weight excluding hydrogens is 206 g/mol. The lowest BCUT2D eigenvalue weighted by atomic mass is 10.0.